The largest absolute Gasteiger partial charge is 0.463 e. The number of unbranched alkanes of at least 4 members (excludes halogenated alkanes) is 20. The second kappa shape index (κ2) is 36.1. The van der Waals surface area contributed by atoms with E-state index in [1.165, 1.54) is 109 Å². The summed E-state index contributed by atoms with van der Waals surface area (Å²) >= 11 is 0. The van der Waals surface area contributed by atoms with Crippen molar-refractivity contribution in [1.82, 2.24) is 0 Å². The number of hydrogen-bond acceptors (Lipinski definition) is 8. The number of ether oxygens (including phenoxy) is 2. The highest BCUT2D eigenvalue weighted by Gasteiger charge is 2.39. The lowest BCUT2D eigenvalue weighted by molar-refractivity contribution is -0.152. The Morgan fingerprint density at radius 2 is 1.16 bits per heavy atom. The summed E-state index contributed by atoms with van der Waals surface area (Å²) in [4.78, 5) is 36.6. The maximum atomic E-state index is 12.5. The number of aliphatic hydroxyl groups excluding tert-OH is 3. The molecular weight excluding hydrogens is 705 g/mol. The number of carbonyl (C=O) groups excluding carboxylic acids is 3. The predicted octanol–water partition coefficient (Wildman–Crippen LogP) is 11.5. The number of Topliss-reactive ketones (excluding diaryl/α,β-unsaturated/α-hetero) is 1. The number of esters is 2. The van der Waals surface area contributed by atoms with E-state index < -0.39 is 24.3 Å². The van der Waals surface area contributed by atoms with Gasteiger partial charge in [0.15, 0.2) is 0 Å². The van der Waals surface area contributed by atoms with Crippen LogP contribution in [0.5, 0.6) is 0 Å². The van der Waals surface area contributed by atoms with E-state index in [9.17, 15) is 29.7 Å². The number of ketones is 1. The molecule has 1 unspecified atom stereocenters. The molecule has 0 saturated heterocycles. The summed E-state index contributed by atoms with van der Waals surface area (Å²) in [5.41, 5.74) is 0. The van der Waals surface area contributed by atoms with Crippen LogP contribution in [0, 0.1) is 17.8 Å². The van der Waals surface area contributed by atoms with Gasteiger partial charge < -0.3 is 24.8 Å². The third-order valence-electron chi connectivity index (χ3n) is 11.6. The molecule has 8 heteroatoms. The summed E-state index contributed by atoms with van der Waals surface area (Å²) in [6.45, 7) is 6.39. The van der Waals surface area contributed by atoms with Gasteiger partial charge >= 0.3 is 11.9 Å². The van der Waals surface area contributed by atoms with E-state index in [-0.39, 0.29) is 49.6 Å². The van der Waals surface area contributed by atoms with Gasteiger partial charge in [-0.1, -0.05) is 186 Å². The third kappa shape index (κ3) is 29.2. The van der Waals surface area contributed by atoms with E-state index in [1.807, 2.05) is 12.2 Å². The molecule has 8 nitrogen and oxygen atoms in total. The van der Waals surface area contributed by atoms with Crippen LogP contribution >= 0.6 is 0 Å². The summed E-state index contributed by atoms with van der Waals surface area (Å²) in [7, 11) is 0. The molecule has 0 radical (unpaired) electrons. The molecule has 1 aliphatic rings. The average Bonchev–Trinajstić information content (AvgIpc) is 3.46. The van der Waals surface area contributed by atoms with E-state index in [0.29, 0.717) is 32.1 Å². The van der Waals surface area contributed by atoms with Gasteiger partial charge in [-0.25, -0.2) is 0 Å². The van der Waals surface area contributed by atoms with Crippen molar-refractivity contribution in [3.05, 3.63) is 24.3 Å². The zero-order valence-corrected chi connectivity index (χ0v) is 36.3. The van der Waals surface area contributed by atoms with E-state index in [2.05, 4.69) is 20.8 Å². The SMILES string of the molecule is CCCCC[C@H](O)/C=C/[C@H]1[C@H](O)CC(=O)[C@@H]1C/C=C\CCCC(=O)OC[C@H](O)COC(=O)CCCCCCCCCCCCCCCCCCCCC(C)CC. The molecule has 326 valence electrons. The minimum Gasteiger partial charge on any atom is -0.463 e. The van der Waals surface area contributed by atoms with Gasteiger partial charge in [0.05, 0.1) is 12.2 Å². The molecule has 1 aliphatic carbocycles. The van der Waals surface area contributed by atoms with Crippen LogP contribution in [-0.2, 0) is 23.9 Å². The smallest absolute Gasteiger partial charge is 0.305 e. The Kier molecular flexibility index (Phi) is 33.5. The Hall–Kier alpha value is -2.03. The van der Waals surface area contributed by atoms with Crippen LogP contribution in [0.4, 0.5) is 0 Å². The zero-order chi connectivity index (χ0) is 41.1. The molecule has 3 N–H and O–H groups in total. The van der Waals surface area contributed by atoms with Gasteiger partial charge in [-0.2, -0.15) is 0 Å². The van der Waals surface area contributed by atoms with Crippen molar-refractivity contribution < 1.29 is 39.2 Å². The van der Waals surface area contributed by atoms with Crippen LogP contribution < -0.4 is 0 Å². The van der Waals surface area contributed by atoms with Crippen LogP contribution in [0.2, 0.25) is 0 Å². The van der Waals surface area contributed by atoms with Crippen molar-refractivity contribution in [2.45, 2.75) is 232 Å². The molecule has 0 aromatic carbocycles. The molecule has 0 aromatic rings. The minimum absolute atomic E-state index is 0.0333. The number of aliphatic hydroxyl groups is 3. The fourth-order valence-corrected chi connectivity index (χ4v) is 7.57. The van der Waals surface area contributed by atoms with Crippen molar-refractivity contribution in [3.8, 4) is 0 Å². The van der Waals surface area contributed by atoms with Gasteiger partial charge in [0.2, 0.25) is 0 Å². The number of allylic oxidation sites excluding steroid dienone is 2. The lowest BCUT2D eigenvalue weighted by Gasteiger charge is -2.16. The first-order valence-corrected chi connectivity index (χ1v) is 23.4. The van der Waals surface area contributed by atoms with Crippen LogP contribution in [0.25, 0.3) is 0 Å². The molecule has 0 spiro atoms. The Morgan fingerprint density at radius 1 is 0.679 bits per heavy atom. The van der Waals surface area contributed by atoms with E-state index in [0.717, 1.165) is 44.4 Å². The maximum absolute atomic E-state index is 12.5. The van der Waals surface area contributed by atoms with Crippen LogP contribution in [0.1, 0.15) is 213 Å². The first-order valence-electron chi connectivity index (χ1n) is 23.4. The summed E-state index contributed by atoms with van der Waals surface area (Å²) in [6, 6.07) is 0. The molecule has 0 amide bonds. The van der Waals surface area contributed by atoms with Gasteiger partial charge in [-0.05, 0) is 38.0 Å². The molecule has 0 aromatic heterocycles. The van der Waals surface area contributed by atoms with Crippen LogP contribution in [0.3, 0.4) is 0 Å². The average molecular weight is 791 g/mol. The monoisotopic (exact) mass is 791 g/mol. The molecule has 1 fully saturated rings. The molecule has 0 heterocycles. The fraction of sp³-hybridized carbons (Fsp3) is 0.854. The molecule has 0 aliphatic heterocycles. The second-order valence-electron chi connectivity index (χ2n) is 16.9. The van der Waals surface area contributed by atoms with Crippen LogP contribution in [0.15, 0.2) is 24.3 Å². The van der Waals surface area contributed by atoms with Gasteiger partial charge in [-0.3, -0.25) is 14.4 Å². The Morgan fingerprint density at radius 3 is 1.68 bits per heavy atom. The van der Waals surface area contributed by atoms with Crippen molar-refractivity contribution in [3.63, 3.8) is 0 Å². The molecule has 56 heavy (non-hydrogen) atoms. The molecule has 6 atom stereocenters. The molecule has 1 saturated carbocycles. The van der Waals surface area contributed by atoms with Gasteiger partial charge in [0.25, 0.3) is 0 Å². The maximum Gasteiger partial charge on any atom is 0.305 e. The Bertz CT molecular complexity index is 1020. The van der Waals surface area contributed by atoms with Gasteiger partial charge in [-0.15, -0.1) is 0 Å². The summed E-state index contributed by atoms with van der Waals surface area (Å²) in [6.07, 6.45) is 37.4. The van der Waals surface area contributed by atoms with E-state index in [1.54, 1.807) is 12.2 Å². The Balaban J connectivity index is 1.95. The highest BCUT2D eigenvalue weighted by molar-refractivity contribution is 5.84. The first-order chi connectivity index (χ1) is 27.2. The lowest BCUT2D eigenvalue weighted by Crippen LogP contribution is -2.25. The highest BCUT2D eigenvalue weighted by Crippen LogP contribution is 2.33. The predicted molar refractivity (Wildman–Crippen MR) is 229 cm³/mol. The molecule has 1 rings (SSSR count). The van der Waals surface area contributed by atoms with Crippen molar-refractivity contribution in [2.75, 3.05) is 13.2 Å². The number of rotatable bonds is 38. The zero-order valence-electron chi connectivity index (χ0n) is 36.3. The van der Waals surface area contributed by atoms with Gasteiger partial charge in [0.1, 0.15) is 25.1 Å². The number of hydrogen-bond donors (Lipinski definition) is 3. The van der Waals surface area contributed by atoms with Crippen molar-refractivity contribution >= 4 is 17.7 Å². The topological polar surface area (TPSA) is 130 Å². The van der Waals surface area contributed by atoms with Crippen molar-refractivity contribution in [2.24, 2.45) is 17.8 Å². The first kappa shape index (κ1) is 52.0. The van der Waals surface area contributed by atoms with E-state index >= 15 is 0 Å². The molecule has 0 bridgehead atoms. The third-order valence-corrected chi connectivity index (χ3v) is 11.6. The number of carbonyl (C=O) groups is 3. The van der Waals surface area contributed by atoms with Crippen LogP contribution in [-0.4, -0.2) is 64.6 Å². The summed E-state index contributed by atoms with van der Waals surface area (Å²) in [5.74, 6) is -0.423. The minimum atomic E-state index is -1.05. The quantitative estimate of drug-likeness (QED) is 0.0320. The highest BCUT2D eigenvalue weighted by atomic mass is 16.6. The Labute approximate surface area is 343 Å². The molecular formula is C48H86O8. The lowest BCUT2D eigenvalue weighted by atomic mass is 9.90. The standard InChI is InChI=1S/C48H86O8/c1-4-6-25-31-41(49)35-36-44-43(45(51)37-46(44)52)32-27-23-24-29-34-48(54)56-39-42(50)38-55-47(53)33-28-22-20-18-16-14-12-10-8-7-9-11-13-15-17-19-21-26-30-40(3)5-2/h23,27,35-36,40-44,46,49-50,52H,4-22,24-26,28-34,37-39H2,1-3H3/b27-23-,36-35+/t40?,41-,42+,43+,44+,46+/m0/s1. The second-order valence-corrected chi connectivity index (χ2v) is 16.9. The normalized spacial score (nSPS) is 18.9. The van der Waals surface area contributed by atoms with Gasteiger partial charge in [0, 0.05) is 31.1 Å². The van der Waals surface area contributed by atoms with Crippen molar-refractivity contribution in [1.29, 1.82) is 0 Å². The van der Waals surface area contributed by atoms with E-state index in [4.69, 9.17) is 9.47 Å². The summed E-state index contributed by atoms with van der Waals surface area (Å²) < 4.78 is 10.3. The fourth-order valence-electron chi connectivity index (χ4n) is 7.57. The summed E-state index contributed by atoms with van der Waals surface area (Å²) in [5, 5.41) is 30.7.